The molecule has 0 aliphatic heterocycles. The molecule has 5 heteroatoms. The van der Waals surface area contributed by atoms with Crippen molar-refractivity contribution in [1.29, 1.82) is 0 Å². The fraction of sp³-hybridized carbons (Fsp3) is 0.438. The summed E-state index contributed by atoms with van der Waals surface area (Å²) in [4.78, 5) is 23.0. The molecular formula is C16H20N2O3. The van der Waals surface area contributed by atoms with Crippen LogP contribution in [0.15, 0.2) is 23.3 Å². The molecule has 1 aliphatic carbocycles. The van der Waals surface area contributed by atoms with Crippen molar-refractivity contribution in [2.45, 2.75) is 39.5 Å². The number of hydrogen-bond donors (Lipinski definition) is 1. The minimum Gasteiger partial charge on any atom is -0.484 e. The van der Waals surface area contributed by atoms with Gasteiger partial charge in [-0.3, -0.25) is 9.59 Å². The Kier molecular flexibility index (Phi) is 5.09. The van der Waals surface area contributed by atoms with Crippen LogP contribution in [0, 0.1) is 13.8 Å². The Morgan fingerprint density at radius 1 is 1.24 bits per heavy atom. The summed E-state index contributed by atoms with van der Waals surface area (Å²) < 4.78 is 5.44. The predicted octanol–water partition coefficient (Wildman–Crippen LogP) is 2.30. The van der Waals surface area contributed by atoms with Gasteiger partial charge in [0.25, 0.3) is 5.91 Å². The Hall–Kier alpha value is -2.17. The summed E-state index contributed by atoms with van der Waals surface area (Å²) in [6.45, 7) is 3.87. The summed E-state index contributed by atoms with van der Waals surface area (Å²) in [7, 11) is 0. The monoisotopic (exact) mass is 288 g/mol. The molecule has 0 unspecified atom stereocenters. The van der Waals surface area contributed by atoms with E-state index in [4.69, 9.17) is 4.74 Å². The molecule has 1 N–H and O–H groups in total. The molecule has 0 aromatic heterocycles. The van der Waals surface area contributed by atoms with Gasteiger partial charge in [-0.05, 0) is 49.9 Å². The molecule has 0 saturated heterocycles. The Morgan fingerprint density at radius 2 is 1.95 bits per heavy atom. The van der Waals surface area contributed by atoms with E-state index in [9.17, 15) is 9.59 Å². The van der Waals surface area contributed by atoms with Gasteiger partial charge in [-0.25, -0.2) is 5.43 Å². The lowest BCUT2D eigenvalue weighted by atomic mass is 9.97. The number of hydrazone groups is 1. The number of carbonyl (C=O) groups excluding carboxylic acids is 2. The number of ketones is 1. The maximum atomic E-state index is 11.7. The second-order valence-electron chi connectivity index (χ2n) is 5.39. The van der Waals surface area contributed by atoms with E-state index in [-0.39, 0.29) is 18.3 Å². The lowest BCUT2D eigenvalue weighted by Gasteiger charge is -2.11. The molecule has 1 amide bonds. The van der Waals surface area contributed by atoms with Gasteiger partial charge >= 0.3 is 0 Å². The van der Waals surface area contributed by atoms with Crippen LogP contribution < -0.4 is 10.2 Å². The number of Topliss-reactive ketones (excluding diaryl/α,β-unsaturated/α-hetero) is 1. The number of nitrogens with one attached hydrogen (secondary N) is 1. The Bertz CT molecular complexity index is 559. The third-order valence-corrected chi connectivity index (χ3v) is 3.23. The lowest BCUT2D eigenvalue weighted by Crippen LogP contribution is -2.27. The molecular weight excluding hydrogens is 268 g/mol. The maximum Gasteiger partial charge on any atom is 0.277 e. The van der Waals surface area contributed by atoms with Gasteiger partial charge in [0.05, 0.1) is 0 Å². The highest BCUT2D eigenvalue weighted by molar-refractivity contribution is 6.04. The molecule has 1 saturated carbocycles. The lowest BCUT2D eigenvalue weighted by molar-refractivity contribution is -0.123. The van der Waals surface area contributed by atoms with Gasteiger partial charge in [0.15, 0.2) is 6.61 Å². The molecule has 1 aromatic carbocycles. The average molecular weight is 288 g/mol. The number of aryl methyl sites for hydroxylation is 2. The molecule has 0 radical (unpaired) electrons. The van der Waals surface area contributed by atoms with E-state index in [2.05, 4.69) is 10.5 Å². The standard InChI is InChI=1S/C16H20N2O3/c1-11-6-12(2)8-15(7-11)21-10-16(20)18-17-13-4-3-5-14(19)9-13/h6-8H,3-5,9-10H2,1-2H3,(H,18,20). The van der Waals surface area contributed by atoms with Gasteiger partial charge in [-0.15, -0.1) is 0 Å². The van der Waals surface area contributed by atoms with Crippen molar-refractivity contribution in [2.75, 3.05) is 6.61 Å². The highest BCUT2D eigenvalue weighted by atomic mass is 16.5. The number of nitrogens with zero attached hydrogens (tertiary/aromatic N) is 1. The van der Waals surface area contributed by atoms with E-state index in [0.29, 0.717) is 18.6 Å². The first kappa shape index (κ1) is 15.2. The largest absolute Gasteiger partial charge is 0.484 e. The second-order valence-corrected chi connectivity index (χ2v) is 5.39. The van der Waals surface area contributed by atoms with Crippen molar-refractivity contribution < 1.29 is 14.3 Å². The first-order chi connectivity index (χ1) is 10.0. The molecule has 2 rings (SSSR count). The van der Waals surface area contributed by atoms with Crippen LogP contribution in [-0.4, -0.2) is 24.0 Å². The molecule has 1 aliphatic rings. The molecule has 0 atom stereocenters. The highest BCUT2D eigenvalue weighted by Crippen LogP contribution is 2.16. The van der Waals surface area contributed by atoms with Crippen LogP contribution in [-0.2, 0) is 9.59 Å². The summed E-state index contributed by atoms with van der Waals surface area (Å²) in [6.07, 6.45) is 2.54. The maximum absolute atomic E-state index is 11.7. The van der Waals surface area contributed by atoms with Crippen LogP contribution in [0.1, 0.15) is 36.8 Å². The Balaban J connectivity index is 1.82. The Morgan fingerprint density at radius 3 is 2.62 bits per heavy atom. The summed E-state index contributed by atoms with van der Waals surface area (Å²) in [5.41, 5.74) is 5.36. The number of hydrogen-bond acceptors (Lipinski definition) is 4. The van der Waals surface area contributed by atoms with Crippen molar-refractivity contribution in [3.8, 4) is 5.75 Å². The molecule has 1 fully saturated rings. The summed E-state index contributed by atoms with van der Waals surface area (Å²) in [6, 6.07) is 5.80. The van der Waals surface area contributed by atoms with Gasteiger partial charge in [0.2, 0.25) is 0 Å². The zero-order valence-electron chi connectivity index (χ0n) is 12.4. The predicted molar refractivity (Wildman–Crippen MR) is 80.5 cm³/mol. The van der Waals surface area contributed by atoms with Crippen LogP contribution in [0.25, 0.3) is 0 Å². The van der Waals surface area contributed by atoms with Crippen LogP contribution in [0.2, 0.25) is 0 Å². The molecule has 5 nitrogen and oxygen atoms in total. The zero-order valence-corrected chi connectivity index (χ0v) is 12.4. The van der Waals surface area contributed by atoms with Crippen molar-refractivity contribution in [2.24, 2.45) is 5.10 Å². The van der Waals surface area contributed by atoms with Crippen molar-refractivity contribution >= 4 is 17.4 Å². The molecule has 0 heterocycles. The van der Waals surface area contributed by atoms with Gasteiger partial charge in [-0.2, -0.15) is 5.10 Å². The van der Waals surface area contributed by atoms with Crippen molar-refractivity contribution in [3.05, 3.63) is 29.3 Å². The number of carbonyl (C=O) groups is 2. The number of amides is 1. The molecule has 112 valence electrons. The summed E-state index contributed by atoms with van der Waals surface area (Å²) >= 11 is 0. The van der Waals surface area contributed by atoms with E-state index in [1.807, 2.05) is 32.0 Å². The minimum absolute atomic E-state index is 0.0897. The SMILES string of the molecule is Cc1cc(C)cc(OCC(=O)NN=C2CCCC(=O)C2)c1. The number of ether oxygens (including phenoxy) is 1. The number of benzene rings is 1. The highest BCUT2D eigenvalue weighted by Gasteiger charge is 2.14. The van der Waals surface area contributed by atoms with Crippen LogP contribution in [0.3, 0.4) is 0 Å². The summed E-state index contributed by atoms with van der Waals surface area (Å²) in [5, 5.41) is 4.00. The average Bonchev–Trinajstić information content (AvgIpc) is 2.42. The molecule has 0 bridgehead atoms. The number of rotatable bonds is 4. The van der Waals surface area contributed by atoms with E-state index >= 15 is 0 Å². The fourth-order valence-corrected chi connectivity index (χ4v) is 2.33. The normalized spacial score (nSPS) is 16.9. The zero-order chi connectivity index (χ0) is 15.2. The topological polar surface area (TPSA) is 67.8 Å². The second kappa shape index (κ2) is 7.02. The smallest absolute Gasteiger partial charge is 0.277 e. The molecule has 21 heavy (non-hydrogen) atoms. The van der Waals surface area contributed by atoms with Crippen molar-refractivity contribution in [1.82, 2.24) is 5.43 Å². The van der Waals surface area contributed by atoms with Crippen molar-refractivity contribution in [3.63, 3.8) is 0 Å². The molecule has 0 spiro atoms. The van der Waals surface area contributed by atoms with E-state index in [1.165, 1.54) is 0 Å². The van der Waals surface area contributed by atoms with Gasteiger partial charge < -0.3 is 4.74 Å². The van der Waals surface area contributed by atoms with Crippen LogP contribution in [0.4, 0.5) is 0 Å². The third-order valence-electron chi connectivity index (χ3n) is 3.23. The van der Waals surface area contributed by atoms with Crippen LogP contribution in [0.5, 0.6) is 5.75 Å². The quantitative estimate of drug-likeness (QED) is 0.864. The van der Waals surface area contributed by atoms with E-state index in [1.54, 1.807) is 0 Å². The van der Waals surface area contributed by atoms with Gasteiger partial charge in [-0.1, -0.05) is 6.07 Å². The van der Waals surface area contributed by atoms with Gasteiger partial charge in [0, 0.05) is 18.6 Å². The van der Waals surface area contributed by atoms with E-state index < -0.39 is 0 Å². The van der Waals surface area contributed by atoms with Crippen LogP contribution >= 0.6 is 0 Å². The summed E-state index contributed by atoms with van der Waals surface area (Å²) in [5.74, 6) is 0.531. The molecule has 1 aromatic rings. The first-order valence-corrected chi connectivity index (χ1v) is 7.10. The minimum atomic E-state index is -0.320. The third kappa shape index (κ3) is 5.02. The van der Waals surface area contributed by atoms with Gasteiger partial charge in [0.1, 0.15) is 11.5 Å². The fourth-order valence-electron chi connectivity index (χ4n) is 2.33. The van der Waals surface area contributed by atoms with E-state index in [0.717, 1.165) is 29.7 Å². The first-order valence-electron chi connectivity index (χ1n) is 7.10. The Labute approximate surface area is 124 Å².